The molecule has 172 valence electrons. The SMILES string of the molecule is Cc1cc2oc(=O)cc(COC(=O)CCNS(=O)(=O)c3cn(C)c(C)n3)c2cc1C(C)C. The standard InChI is InChI=1S/C22H27N3O6S/c1-13(2)17-10-18-16(9-22(27)31-19(18)8-14(17)3)12-30-21(26)6-7-23-32(28,29)20-11-25(5)15(4)24-20/h8-11,13,23H,6-7,12H2,1-5H3. The van der Waals surface area contributed by atoms with Crippen LogP contribution in [0.3, 0.4) is 0 Å². The van der Waals surface area contributed by atoms with Crippen LogP contribution >= 0.6 is 0 Å². The Morgan fingerprint density at radius 1 is 1.25 bits per heavy atom. The van der Waals surface area contributed by atoms with Crippen LogP contribution < -0.4 is 10.3 Å². The molecular weight excluding hydrogens is 434 g/mol. The van der Waals surface area contributed by atoms with Crippen LogP contribution in [0.2, 0.25) is 0 Å². The number of sulfonamides is 1. The number of imidazole rings is 1. The average molecular weight is 462 g/mol. The smallest absolute Gasteiger partial charge is 0.336 e. The van der Waals surface area contributed by atoms with Gasteiger partial charge in [-0.25, -0.2) is 22.9 Å². The summed E-state index contributed by atoms with van der Waals surface area (Å²) in [6.07, 6.45) is 1.23. The average Bonchev–Trinajstić information content (AvgIpc) is 3.04. The highest BCUT2D eigenvalue weighted by atomic mass is 32.2. The van der Waals surface area contributed by atoms with E-state index in [9.17, 15) is 18.0 Å². The van der Waals surface area contributed by atoms with E-state index >= 15 is 0 Å². The first-order valence-electron chi connectivity index (χ1n) is 10.2. The molecule has 0 aliphatic carbocycles. The number of nitrogens with zero attached hydrogens (tertiary/aromatic N) is 2. The van der Waals surface area contributed by atoms with Crippen molar-refractivity contribution >= 4 is 27.0 Å². The van der Waals surface area contributed by atoms with Gasteiger partial charge < -0.3 is 13.7 Å². The van der Waals surface area contributed by atoms with Crippen LogP contribution in [0.4, 0.5) is 0 Å². The van der Waals surface area contributed by atoms with Gasteiger partial charge in [-0.15, -0.1) is 0 Å². The summed E-state index contributed by atoms with van der Waals surface area (Å²) in [7, 11) is -2.13. The molecule has 3 aromatic rings. The second kappa shape index (κ2) is 9.25. The second-order valence-electron chi connectivity index (χ2n) is 8.00. The van der Waals surface area contributed by atoms with Gasteiger partial charge in [0.05, 0.1) is 6.42 Å². The van der Waals surface area contributed by atoms with Crippen molar-refractivity contribution in [1.82, 2.24) is 14.3 Å². The molecule has 0 saturated heterocycles. The molecule has 0 spiro atoms. The van der Waals surface area contributed by atoms with Crippen molar-refractivity contribution in [2.75, 3.05) is 6.54 Å². The number of hydrogen-bond acceptors (Lipinski definition) is 7. The lowest BCUT2D eigenvalue weighted by molar-refractivity contribution is -0.144. The molecule has 0 radical (unpaired) electrons. The number of fused-ring (bicyclic) bond motifs is 1. The molecule has 2 heterocycles. The summed E-state index contributed by atoms with van der Waals surface area (Å²) in [6, 6.07) is 5.07. The predicted molar refractivity (Wildman–Crippen MR) is 119 cm³/mol. The molecule has 3 rings (SSSR count). The van der Waals surface area contributed by atoms with E-state index in [1.807, 2.05) is 19.1 Å². The van der Waals surface area contributed by atoms with Gasteiger partial charge >= 0.3 is 11.6 Å². The maximum Gasteiger partial charge on any atom is 0.336 e. The van der Waals surface area contributed by atoms with E-state index in [-0.39, 0.29) is 30.5 Å². The fourth-order valence-corrected chi connectivity index (χ4v) is 4.45. The van der Waals surface area contributed by atoms with Crippen LogP contribution in [0.5, 0.6) is 0 Å². The second-order valence-corrected chi connectivity index (χ2v) is 9.71. The highest BCUT2D eigenvalue weighted by molar-refractivity contribution is 7.89. The van der Waals surface area contributed by atoms with E-state index in [0.717, 1.165) is 11.1 Å². The zero-order valence-electron chi connectivity index (χ0n) is 18.8. The van der Waals surface area contributed by atoms with E-state index < -0.39 is 21.6 Å². The summed E-state index contributed by atoms with van der Waals surface area (Å²) in [5.74, 6) is 0.236. The van der Waals surface area contributed by atoms with Gasteiger partial charge in [0.15, 0.2) is 5.03 Å². The fourth-order valence-electron chi connectivity index (χ4n) is 3.38. The van der Waals surface area contributed by atoms with Crippen LogP contribution in [0.1, 0.15) is 48.7 Å². The number of rotatable bonds is 8. The Balaban J connectivity index is 1.65. The Hall–Kier alpha value is -2.98. The van der Waals surface area contributed by atoms with Crippen molar-refractivity contribution in [1.29, 1.82) is 0 Å². The maximum atomic E-state index is 12.3. The quantitative estimate of drug-likeness (QED) is 0.404. The molecular formula is C22H27N3O6S. The van der Waals surface area contributed by atoms with Crippen molar-refractivity contribution in [2.45, 2.75) is 51.7 Å². The molecule has 1 aromatic carbocycles. The lowest BCUT2D eigenvalue weighted by atomic mass is 9.95. The molecule has 10 heteroatoms. The number of benzene rings is 1. The predicted octanol–water partition coefficient (Wildman–Crippen LogP) is 2.68. The molecule has 0 saturated carbocycles. The van der Waals surface area contributed by atoms with E-state index in [0.29, 0.717) is 22.4 Å². The number of nitrogens with one attached hydrogen (secondary N) is 1. The van der Waals surface area contributed by atoms with Crippen molar-refractivity contribution < 1.29 is 22.4 Å². The van der Waals surface area contributed by atoms with Crippen LogP contribution in [0.15, 0.2) is 38.6 Å². The summed E-state index contributed by atoms with van der Waals surface area (Å²) in [5, 5.41) is 0.600. The van der Waals surface area contributed by atoms with E-state index in [1.54, 1.807) is 18.5 Å². The van der Waals surface area contributed by atoms with Crippen molar-refractivity contribution in [2.24, 2.45) is 7.05 Å². The van der Waals surface area contributed by atoms with Crippen molar-refractivity contribution in [3.63, 3.8) is 0 Å². The van der Waals surface area contributed by atoms with Gasteiger partial charge in [-0.1, -0.05) is 13.8 Å². The molecule has 32 heavy (non-hydrogen) atoms. The van der Waals surface area contributed by atoms with Gasteiger partial charge in [0.2, 0.25) is 0 Å². The monoisotopic (exact) mass is 461 g/mol. The summed E-state index contributed by atoms with van der Waals surface area (Å²) < 4.78 is 39.1. The summed E-state index contributed by atoms with van der Waals surface area (Å²) in [5.41, 5.74) is 2.57. The highest BCUT2D eigenvalue weighted by Gasteiger charge is 2.19. The number of carbonyl (C=O) groups is 1. The first-order chi connectivity index (χ1) is 15.0. The third-order valence-electron chi connectivity index (χ3n) is 5.21. The Kier molecular flexibility index (Phi) is 6.85. The number of esters is 1. The van der Waals surface area contributed by atoms with E-state index in [2.05, 4.69) is 23.6 Å². The highest BCUT2D eigenvalue weighted by Crippen LogP contribution is 2.27. The van der Waals surface area contributed by atoms with Crippen LogP contribution in [-0.4, -0.2) is 30.5 Å². The first-order valence-corrected chi connectivity index (χ1v) is 11.7. The van der Waals surface area contributed by atoms with Crippen LogP contribution in [-0.2, 0) is 33.2 Å². The minimum atomic E-state index is -3.82. The van der Waals surface area contributed by atoms with Gasteiger partial charge in [0.25, 0.3) is 10.0 Å². The summed E-state index contributed by atoms with van der Waals surface area (Å²) >= 11 is 0. The zero-order valence-corrected chi connectivity index (χ0v) is 19.6. The maximum absolute atomic E-state index is 12.3. The van der Waals surface area contributed by atoms with Gasteiger partial charge in [0, 0.05) is 36.8 Å². The zero-order chi connectivity index (χ0) is 23.6. The molecule has 9 nitrogen and oxygen atoms in total. The Morgan fingerprint density at radius 2 is 1.97 bits per heavy atom. The lowest BCUT2D eigenvalue weighted by Gasteiger charge is -2.13. The molecule has 0 amide bonds. The summed E-state index contributed by atoms with van der Waals surface area (Å²) in [6.45, 7) is 7.53. The lowest BCUT2D eigenvalue weighted by Crippen LogP contribution is -2.27. The molecule has 0 atom stereocenters. The number of carbonyl (C=O) groups excluding carboxylic acids is 1. The van der Waals surface area contributed by atoms with Crippen molar-refractivity contribution in [3.8, 4) is 0 Å². The van der Waals surface area contributed by atoms with Gasteiger partial charge in [-0.3, -0.25) is 4.79 Å². The molecule has 1 N–H and O–H groups in total. The van der Waals surface area contributed by atoms with Gasteiger partial charge in [-0.2, -0.15) is 0 Å². The van der Waals surface area contributed by atoms with E-state index in [4.69, 9.17) is 9.15 Å². The molecule has 0 bridgehead atoms. The molecule has 0 fully saturated rings. The third-order valence-corrected chi connectivity index (χ3v) is 6.54. The third kappa shape index (κ3) is 5.25. The molecule has 0 aliphatic rings. The number of aromatic nitrogens is 2. The summed E-state index contributed by atoms with van der Waals surface area (Å²) in [4.78, 5) is 28.1. The molecule has 0 aliphatic heterocycles. The Morgan fingerprint density at radius 3 is 2.59 bits per heavy atom. The molecule has 0 unspecified atom stereocenters. The topological polar surface area (TPSA) is 120 Å². The van der Waals surface area contributed by atoms with Gasteiger partial charge in [0.1, 0.15) is 18.0 Å². The largest absolute Gasteiger partial charge is 0.461 e. The molecule has 2 aromatic heterocycles. The number of ether oxygens (including phenoxy) is 1. The minimum Gasteiger partial charge on any atom is -0.461 e. The number of aryl methyl sites for hydroxylation is 3. The normalized spacial score (nSPS) is 11.9. The minimum absolute atomic E-state index is 0.107. The Bertz CT molecular complexity index is 1300. The van der Waals surface area contributed by atoms with Crippen LogP contribution in [0.25, 0.3) is 11.0 Å². The van der Waals surface area contributed by atoms with Crippen molar-refractivity contribution in [3.05, 3.63) is 57.3 Å². The first kappa shape index (κ1) is 23.7. The number of hydrogen-bond donors (Lipinski definition) is 1. The van der Waals surface area contributed by atoms with Gasteiger partial charge in [-0.05, 0) is 43.0 Å². The Labute approximate surface area is 186 Å². The van der Waals surface area contributed by atoms with Crippen LogP contribution in [0, 0.1) is 13.8 Å². The fraction of sp³-hybridized carbons (Fsp3) is 0.409. The van der Waals surface area contributed by atoms with E-state index in [1.165, 1.54) is 12.3 Å².